The van der Waals surface area contributed by atoms with E-state index < -0.39 is 0 Å². The smallest absolute Gasteiger partial charge is 0.217 e. The highest BCUT2D eigenvalue weighted by Gasteiger charge is 2.15. The van der Waals surface area contributed by atoms with Crippen LogP contribution in [0, 0.1) is 13.8 Å². The topological polar surface area (TPSA) is 78.4 Å². The lowest BCUT2D eigenvalue weighted by molar-refractivity contribution is -0.119. The van der Waals surface area contributed by atoms with Gasteiger partial charge in [0.25, 0.3) is 0 Å². The van der Waals surface area contributed by atoms with Gasteiger partial charge in [-0.1, -0.05) is 30.3 Å². The van der Waals surface area contributed by atoms with E-state index in [9.17, 15) is 9.90 Å². The second-order valence-electron chi connectivity index (χ2n) is 7.85. The molecule has 3 aromatic rings. The van der Waals surface area contributed by atoms with Crippen LogP contribution in [0.25, 0.3) is 0 Å². The summed E-state index contributed by atoms with van der Waals surface area (Å²) >= 11 is 0. The number of aryl methyl sites for hydroxylation is 2. The van der Waals surface area contributed by atoms with E-state index in [1.54, 1.807) is 0 Å². The van der Waals surface area contributed by atoms with Crippen molar-refractivity contribution in [3.63, 3.8) is 0 Å². The standard InChI is InChI=1S/C25H30N4O2/c1-18-6-4-10-26-24(18)15-29(16-25-19(2)7-5-11-27-25)14-22-9-8-21(12-23(22)17-30)13-28-20(3)31/h4-12,30H,13-17H2,1-3H3,(H,28,31). The van der Waals surface area contributed by atoms with E-state index in [1.807, 2.05) is 42.7 Å². The van der Waals surface area contributed by atoms with E-state index in [0.717, 1.165) is 39.2 Å². The SMILES string of the molecule is CC(=O)NCc1ccc(CN(Cc2ncccc2C)Cc2ncccc2C)c(CO)c1. The summed E-state index contributed by atoms with van der Waals surface area (Å²) in [6.07, 6.45) is 3.64. The van der Waals surface area contributed by atoms with Gasteiger partial charge in [-0.15, -0.1) is 0 Å². The quantitative estimate of drug-likeness (QED) is 0.557. The van der Waals surface area contributed by atoms with Crippen LogP contribution in [0.15, 0.2) is 54.9 Å². The van der Waals surface area contributed by atoms with Gasteiger partial charge in [-0.25, -0.2) is 0 Å². The van der Waals surface area contributed by atoms with E-state index in [4.69, 9.17) is 0 Å². The Bertz CT molecular complexity index is 988. The van der Waals surface area contributed by atoms with E-state index in [0.29, 0.717) is 26.2 Å². The monoisotopic (exact) mass is 418 g/mol. The van der Waals surface area contributed by atoms with Crippen LogP contribution in [0.2, 0.25) is 0 Å². The number of hydrogen-bond donors (Lipinski definition) is 2. The minimum atomic E-state index is -0.0720. The molecule has 0 radical (unpaired) electrons. The molecule has 0 aliphatic rings. The fourth-order valence-corrected chi connectivity index (χ4v) is 3.52. The lowest BCUT2D eigenvalue weighted by Crippen LogP contribution is -2.25. The molecule has 3 rings (SSSR count). The van der Waals surface area contributed by atoms with Crippen LogP contribution >= 0.6 is 0 Å². The van der Waals surface area contributed by atoms with Gasteiger partial charge in [0.05, 0.1) is 18.0 Å². The van der Waals surface area contributed by atoms with Gasteiger partial charge in [0.2, 0.25) is 5.91 Å². The maximum atomic E-state index is 11.2. The predicted molar refractivity (Wildman–Crippen MR) is 121 cm³/mol. The molecule has 2 heterocycles. The van der Waals surface area contributed by atoms with Crippen LogP contribution in [0.5, 0.6) is 0 Å². The predicted octanol–water partition coefficient (Wildman–Crippen LogP) is 3.42. The Balaban J connectivity index is 1.86. The van der Waals surface area contributed by atoms with Crippen molar-refractivity contribution >= 4 is 5.91 Å². The molecule has 6 nitrogen and oxygen atoms in total. The Kier molecular flexibility index (Phi) is 7.87. The van der Waals surface area contributed by atoms with Crippen LogP contribution in [0.1, 0.15) is 46.1 Å². The van der Waals surface area contributed by atoms with Gasteiger partial charge in [0.1, 0.15) is 0 Å². The molecule has 0 saturated carbocycles. The van der Waals surface area contributed by atoms with Crippen LogP contribution in [-0.4, -0.2) is 25.9 Å². The number of nitrogens with zero attached hydrogens (tertiary/aromatic N) is 3. The van der Waals surface area contributed by atoms with Crippen molar-refractivity contribution < 1.29 is 9.90 Å². The molecule has 0 bridgehead atoms. The molecule has 2 N–H and O–H groups in total. The highest BCUT2D eigenvalue weighted by Crippen LogP contribution is 2.19. The number of nitrogens with one attached hydrogen (secondary N) is 1. The molecule has 0 spiro atoms. The number of aliphatic hydroxyl groups is 1. The summed E-state index contributed by atoms with van der Waals surface area (Å²) in [5.74, 6) is -0.0720. The van der Waals surface area contributed by atoms with E-state index in [2.05, 4.69) is 46.2 Å². The van der Waals surface area contributed by atoms with Crippen LogP contribution in [0.3, 0.4) is 0 Å². The van der Waals surface area contributed by atoms with Gasteiger partial charge in [0.15, 0.2) is 0 Å². The van der Waals surface area contributed by atoms with Crippen LogP contribution in [-0.2, 0) is 37.6 Å². The van der Waals surface area contributed by atoms with E-state index in [1.165, 1.54) is 6.92 Å². The van der Waals surface area contributed by atoms with Gasteiger partial charge < -0.3 is 10.4 Å². The molecule has 1 amide bonds. The van der Waals surface area contributed by atoms with Crippen LogP contribution < -0.4 is 5.32 Å². The zero-order valence-electron chi connectivity index (χ0n) is 18.4. The third-order valence-corrected chi connectivity index (χ3v) is 5.36. The third kappa shape index (κ3) is 6.44. The molecular formula is C25H30N4O2. The number of amides is 1. The summed E-state index contributed by atoms with van der Waals surface area (Å²) in [4.78, 5) is 22.6. The molecule has 0 saturated heterocycles. The highest BCUT2D eigenvalue weighted by atomic mass is 16.3. The molecule has 6 heteroatoms. The van der Waals surface area contributed by atoms with Crippen molar-refractivity contribution in [2.24, 2.45) is 0 Å². The van der Waals surface area contributed by atoms with Crippen molar-refractivity contribution in [3.8, 4) is 0 Å². The second-order valence-corrected chi connectivity index (χ2v) is 7.85. The van der Waals surface area contributed by atoms with Gasteiger partial charge in [0, 0.05) is 45.5 Å². The lowest BCUT2D eigenvalue weighted by Gasteiger charge is -2.24. The lowest BCUT2D eigenvalue weighted by atomic mass is 10.0. The first kappa shape index (κ1) is 22.6. The number of pyridine rings is 2. The van der Waals surface area contributed by atoms with Crippen molar-refractivity contribution in [3.05, 3.63) is 94.1 Å². The number of benzene rings is 1. The Morgan fingerprint density at radius 3 is 2.06 bits per heavy atom. The average molecular weight is 419 g/mol. The first-order valence-electron chi connectivity index (χ1n) is 10.5. The molecule has 0 fully saturated rings. The first-order chi connectivity index (χ1) is 15.0. The fraction of sp³-hybridized carbons (Fsp3) is 0.320. The van der Waals surface area contributed by atoms with Crippen LogP contribution in [0.4, 0.5) is 0 Å². The third-order valence-electron chi connectivity index (χ3n) is 5.36. The molecule has 31 heavy (non-hydrogen) atoms. The number of carbonyl (C=O) groups is 1. The van der Waals surface area contributed by atoms with Gasteiger partial charge in [-0.2, -0.15) is 0 Å². The molecule has 1 aromatic carbocycles. The Hall–Kier alpha value is -3.09. The second kappa shape index (κ2) is 10.8. The van der Waals surface area contributed by atoms with Gasteiger partial charge in [-0.05, 0) is 53.8 Å². The normalized spacial score (nSPS) is 11.0. The summed E-state index contributed by atoms with van der Waals surface area (Å²) < 4.78 is 0. The zero-order valence-corrected chi connectivity index (χ0v) is 18.4. The first-order valence-corrected chi connectivity index (χ1v) is 10.5. The number of aliphatic hydroxyl groups excluding tert-OH is 1. The maximum absolute atomic E-state index is 11.2. The summed E-state index contributed by atoms with van der Waals surface area (Å²) in [6, 6.07) is 14.0. The van der Waals surface area contributed by atoms with E-state index >= 15 is 0 Å². The molecule has 2 aromatic heterocycles. The van der Waals surface area contributed by atoms with Gasteiger partial charge in [-0.3, -0.25) is 19.7 Å². The number of hydrogen-bond acceptors (Lipinski definition) is 5. The van der Waals surface area contributed by atoms with Crippen molar-refractivity contribution in [1.82, 2.24) is 20.2 Å². The van der Waals surface area contributed by atoms with Crippen molar-refractivity contribution in [2.45, 2.75) is 53.6 Å². The number of aromatic nitrogens is 2. The Labute approximate surface area is 184 Å². The summed E-state index contributed by atoms with van der Waals surface area (Å²) in [6.45, 7) is 8.06. The molecule has 0 atom stereocenters. The molecule has 0 aliphatic carbocycles. The van der Waals surface area contributed by atoms with E-state index in [-0.39, 0.29) is 12.5 Å². The summed E-state index contributed by atoms with van der Waals surface area (Å²) in [5.41, 5.74) is 7.25. The molecule has 0 aliphatic heterocycles. The molecule has 162 valence electrons. The Morgan fingerprint density at radius 2 is 1.55 bits per heavy atom. The van der Waals surface area contributed by atoms with Gasteiger partial charge >= 0.3 is 0 Å². The van der Waals surface area contributed by atoms with Crippen molar-refractivity contribution in [2.75, 3.05) is 0 Å². The average Bonchev–Trinajstić information content (AvgIpc) is 2.76. The fourth-order valence-electron chi connectivity index (χ4n) is 3.52. The molecule has 0 unspecified atom stereocenters. The van der Waals surface area contributed by atoms with Crippen molar-refractivity contribution in [1.29, 1.82) is 0 Å². The largest absolute Gasteiger partial charge is 0.392 e. The molecular weight excluding hydrogens is 388 g/mol. The number of carbonyl (C=O) groups excluding carboxylic acids is 1. The summed E-state index contributed by atoms with van der Waals surface area (Å²) in [7, 11) is 0. The minimum absolute atomic E-state index is 0.0533. The minimum Gasteiger partial charge on any atom is -0.392 e. The highest BCUT2D eigenvalue weighted by molar-refractivity contribution is 5.72. The number of rotatable bonds is 9. The zero-order chi connectivity index (χ0) is 22.2. The summed E-state index contributed by atoms with van der Waals surface area (Å²) in [5, 5.41) is 12.8. The maximum Gasteiger partial charge on any atom is 0.217 e. The Morgan fingerprint density at radius 1 is 0.935 bits per heavy atom.